The number of anilines is 1. The topological polar surface area (TPSA) is 55.6 Å². The zero-order valence-electron chi connectivity index (χ0n) is 17.1. The Morgan fingerprint density at radius 3 is 2.57 bits per heavy atom. The lowest BCUT2D eigenvalue weighted by molar-refractivity contribution is -0.140. The molecule has 3 aromatic rings. The monoisotopic (exact) mass is 401 g/mol. The van der Waals surface area contributed by atoms with Crippen molar-refractivity contribution in [1.82, 2.24) is 9.38 Å². The molecule has 0 aliphatic heterocycles. The molecule has 5 nitrogen and oxygen atoms in total. The molecule has 5 heteroatoms. The van der Waals surface area contributed by atoms with Gasteiger partial charge in [0.15, 0.2) is 0 Å². The number of nitrogens with zero attached hydrogens (tertiary/aromatic N) is 2. The van der Waals surface area contributed by atoms with Crippen LogP contribution in [-0.2, 0) is 11.4 Å². The minimum Gasteiger partial charge on any atom is -0.487 e. The van der Waals surface area contributed by atoms with Gasteiger partial charge >= 0.3 is 0 Å². The molecule has 7 rings (SSSR count). The second kappa shape index (κ2) is 6.86. The van der Waals surface area contributed by atoms with Crippen molar-refractivity contribution < 1.29 is 9.53 Å². The van der Waals surface area contributed by atoms with Crippen molar-refractivity contribution in [1.29, 1.82) is 0 Å². The number of amides is 1. The molecule has 4 fully saturated rings. The number of ether oxygens (including phenoxy) is 1. The molecule has 2 aromatic heterocycles. The van der Waals surface area contributed by atoms with E-state index in [1.165, 1.54) is 19.3 Å². The van der Waals surface area contributed by atoms with E-state index in [1.807, 2.05) is 59.3 Å². The van der Waals surface area contributed by atoms with Gasteiger partial charge in [-0.05, 0) is 80.5 Å². The van der Waals surface area contributed by atoms with E-state index < -0.39 is 0 Å². The Bertz CT molecular complexity index is 1030. The largest absolute Gasteiger partial charge is 0.487 e. The van der Waals surface area contributed by atoms with Crippen LogP contribution in [0.3, 0.4) is 0 Å². The fourth-order valence-corrected chi connectivity index (χ4v) is 6.53. The van der Waals surface area contributed by atoms with Gasteiger partial charge in [-0.25, -0.2) is 4.98 Å². The standard InChI is InChI=1S/C25H27N3O2/c29-24(25-12-17-8-18(13-25)10-19(9-17)14-25)27-20-4-3-5-22(11-20)30-16-21-15-28-7-2-1-6-23(28)26-21/h1-7,11,15,17-19H,8-10,12-14,16H2,(H,27,29). The number of nitrogens with one attached hydrogen (secondary N) is 1. The van der Waals surface area contributed by atoms with E-state index in [0.717, 1.165) is 59.8 Å². The van der Waals surface area contributed by atoms with Crippen LogP contribution in [0.2, 0.25) is 0 Å². The summed E-state index contributed by atoms with van der Waals surface area (Å²) < 4.78 is 7.95. The van der Waals surface area contributed by atoms with Gasteiger partial charge in [0.2, 0.25) is 5.91 Å². The molecule has 4 aliphatic rings. The van der Waals surface area contributed by atoms with E-state index in [2.05, 4.69) is 10.3 Å². The van der Waals surface area contributed by atoms with Gasteiger partial charge in [-0.1, -0.05) is 12.1 Å². The molecule has 1 N–H and O–H groups in total. The van der Waals surface area contributed by atoms with Crippen molar-refractivity contribution in [2.75, 3.05) is 5.32 Å². The van der Waals surface area contributed by atoms with Crippen LogP contribution in [0.25, 0.3) is 5.65 Å². The third-order valence-electron chi connectivity index (χ3n) is 7.41. The number of hydrogen-bond acceptors (Lipinski definition) is 3. The predicted molar refractivity (Wildman–Crippen MR) is 115 cm³/mol. The van der Waals surface area contributed by atoms with E-state index >= 15 is 0 Å². The number of carbonyl (C=O) groups is 1. The van der Waals surface area contributed by atoms with Crippen molar-refractivity contribution in [2.45, 2.75) is 45.1 Å². The molecule has 0 saturated heterocycles. The normalized spacial score (nSPS) is 29.3. The second-order valence-corrected chi connectivity index (χ2v) is 9.67. The van der Waals surface area contributed by atoms with Crippen LogP contribution in [0.4, 0.5) is 5.69 Å². The summed E-state index contributed by atoms with van der Waals surface area (Å²) in [5, 5.41) is 3.22. The average molecular weight is 402 g/mol. The number of hydrogen-bond donors (Lipinski definition) is 1. The summed E-state index contributed by atoms with van der Waals surface area (Å²) in [6.07, 6.45) is 11.2. The number of imidazole rings is 1. The third kappa shape index (κ3) is 3.17. The lowest BCUT2D eigenvalue weighted by Crippen LogP contribution is -2.51. The molecule has 0 spiro atoms. The van der Waals surface area contributed by atoms with Gasteiger partial charge < -0.3 is 14.5 Å². The average Bonchev–Trinajstić information content (AvgIpc) is 3.15. The minimum absolute atomic E-state index is 0.137. The smallest absolute Gasteiger partial charge is 0.230 e. The first kappa shape index (κ1) is 18.0. The highest BCUT2D eigenvalue weighted by molar-refractivity contribution is 5.95. The Hall–Kier alpha value is -2.82. The van der Waals surface area contributed by atoms with Crippen molar-refractivity contribution in [3.8, 4) is 5.75 Å². The fraction of sp³-hybridized carbons (Fsp3) is 0.440. The highest BCUT2D eigenvalue weighted by atomic mass is 16.5. The fourth-order valence-electron chi connectivity index (χ4n) is 6.53. The van der Waals surface area contributed by atoms with Crippen molar-refractivity contribution in [2.24, 2.45) is 23.2 Å². The van der Waals surface area contributed by atoms with Crippen molar-refractivity contribution in [3.63, 3.8) is 0 Å². The van der Waals surface area contributed by atoms with Crippen LogP contribution in [0.1, 0.15) is 44.2 Å². The van der Waals surface area contributed by atoms with E-state index in [4.69, 9.17) is 4.74 Å². The van der Waals surface area contributed by atoms with Gasteiger partial charge in [-0.3, -0.25) is 4.79 Å². The maximum Gasteiger partial charge on any atom is 0.230 e. The quantitative estimate of drug-likeness (QED) is 0.649. The molecular weight excluding hydrogens is 374 g/mol. The summed E-state index contributed by atoms with van der Waals surface area (Å²) >= 11 is 0. The zero-order chi connectivity index (χ0) is 20.1. The number of carbonyl (C=O) groups excluding carboxylic acids is 1. The van der Waals surface area contributed by atoms with Gasteiger partial charge in [0.25, 0.3) is 0 Å². The first-order valence-electron chi connectivity index (χ1n) is 11.1. The van der Waals surface area contributed by atoms with Crippen LogP contribution >= 0.6 is 0 Å². The summed E-state index contributed by atoms with van der Waals surface area (Å²) in [6, 6.07) is 13.7. The SMILES string of the molecule is O=C(Nc1cccc(OCc2cn3ccccc3n2)c1)C12CC3CC(CC(C3)C1)C2. The Labute approximate surface area is 176 Å². The van der Waals surface area contributed by atoms with Gasteiger partial charge in [0.1, 0.15) is 18.0 Å². The molecule has 0 unspecified atom stereocenters. The van der Waals surface area contributed by atoms with Gasteiger partial charge in [0, 0.05) is 24.1 Å². The zero-order valence-corrected chi connectivity index (χ0v) is 17.1. The molecular formula is C25H27N3O2. The summed E-state index contributed by atoms with van der Waals surface area (Å²) in [4.78, 5) is 17.9. The molecule has 0 radical (unpaired) electrons. The molecule has 4 aliphatic carbocycles. The number of benzene rings is 1. The summed E-state index contributed by atoms with van der Waals surface area (Å²) in [6.45, 7) is 0.397. The Kier molecular flexibility index (Phi) is 4.12. The number of rotatable bonds is 5. The van der Waals surface area contributed by atoms with Crippen LogP contribution in [0, 0.1) is 23.2 Å². The summed E-state index contributed by atoms with van der Waals surface area (Å²) in [7, 11) is 0. The van der Waals surface area contributed by atoms with E-state index in [1.54, 1.807) is 0 Å². The van der Waals surface area contributed by atoms with Crippen LogP contribution in [0.5, 0.6) is 5.75 Å². The summed E-state index contributed by atoms with van der Waals surface area (Å²) in [5.41, 5.74) is 2.47. The van der Waals surface area contributed by atoms with Crippen LogP contribution in [-0.4, -0.2) is 15.3 Å². The van der Waals surface area contributed by atoms with Crippen LogP contribution < -0.4 is 10.1 Å². The van der Waals surface area contributed by atoms with Crippen molar-refractivity contribution >= 4 is 17.2 Å². The van der Waals surface area contributed by atoms with Crippen LogP contribution in [0.15, 0.2) is 54.9 Å². The molecule has 2 heterocycles. The highest BCUT2D eigenvalue weighted by Gasteiger charge is 2.54. The first-order valence-corrected chi connectivity index (χ1v) is 11.1. The molecule has 1 amide bonds. The Balaban J connectivity index is 1.14. The maximum absolute atomic E-state index is 13.3. The molecule has 1 aromatic carbocycles. The molecule has 4 saturated carbocycles. The summed E-state index contributed by atoms with van der Waals surface area (Å²) in [5.74, 6) is 3.26. The second-order valence-electron chi connectivity index (χ2n) is 9.67. The lowest BCUT2D eigenvalue weighted by Gasteiger charge is -2.55. The van der Waals surface area contributed by atoms with E-state index in [0.29, 0.717) is 6.61 Å². The third-order valence-corrected chi connectivity index (χ3v) is 7.41. The van der Waals surface area contributed by atoms with Gasteiger partial charge in [0.05, 0.1) is 11.1 Å². The minimum atomic E-state index is -0.137. The molecule has 4 bridgehead atoms. The predicted octanol–water partition coefficient (Wildman–Crippen LogP) is 5.07. The molecule has 0 atom stereocenters. The Morgan fingerprint density at radius 1 is 1.07 bits per heavy atom. The molecule has 154 valence electrons. The number of aromatic nitrogens is 2. The van der Waals surface area contributed by atoms with Gasteiger partial charge in [-0.15, -0.1) is 0 Å². The Morgan fingerprint density at radius 2 is 1.83 bits per heavy atom. The highest BCUT2D eigenvalue weighted by Crippen LogP contribution is 2.60. The number of pyridine rings is 1. The van der Waals surface area contributed by atoms with E-state index in [-0.39, 0.29) is 11.3 Å². The molecule has 30 heavy (non-hydrogen) atoms. The number of fused-ring (bicyclic) bond motifs is 1. The van der Waals surface area contributed by atoms with E-state index in [9.17, 15) is 4.79 Å². The lowest BCUT2D eigenvalue weighted by atomic mass is 9.49. The van der Waals surface area contributed by atoms with Crippen molar-refractivity contribution in [3.05, 3.63) is 60.6 Å². The van der Waals surface area contributed by atoms with Gasteiger partial charge in [-0.2, -0.15) is 0 Å². The maximum atomic E-state index is 13.3. The first-order chi connectivity index (χ1) is 14.6.